The third-order valence-electron chi connectivity index (χ3n) is 2.99. The number of ether oxygens (including phenoxy) is 1. The van der Waals surface area contributed by atoms with Crippen molar-refractivity contribution in [2.75, 3.05) is 11.9 Å². The molecule has 3 heteroatoms. The van der Waals surface area contributed by atoms with Crippen LogP contribution < -0.4 is 10.1 Å². The van der Waals surface area contributed by atoms with E-state index in [1.165, 1.54) is 0 Å². The number of benzene rings is 1. The first-order chi connectivity index (χ1) is 7.42. The van der Waals surface area contributed by atoms with Gasteiger partial charge in [0.25, 0.3) is 0 Å². The lowest BCUT2D eigenvalue weighted by Gasteiger charge is -2.18. The van der Waals surface area contributed by atoms with Gasteiger partial charge < -0.3 is 10.1 Å². The Bertz CT molecular complexity index is 449. The van der Waals surface area contributed by atoms with Gasteiger partial charge in [0, 0.05) is 0 Å². The molecule has 1 aromatic rings. The molecule has 1 aromatic carbocycles. The van der Waals surface area contributed by atoms with Crippen molar-refractivity contribution in [1.82, 2.24) is 0 Å². The third-order valence-corrected chi connectivity index (χ3v) is 2.99. The van der Waals surface area contributed by atoms with Gasteiger partial charge in [0.15, 0.2) is 0 Å². The number of fused-ring (bicyclic) bond motifs is 1. The summed E-state index contributed by atoms with van der Waals surface area (Å²) in [6.45, 7) is 8.15. The molecule has 1 aliphatic heterocycles. The summed E-state index contributed by atoms with van der Waals surface area (Å²) >= 11 is 0. The number of hydrogen-bond donors (Lipinski definition) is 1. The fourth-order valence-electron chi connectivity index (χ4n) is 1.73. The molecule has 0 fully saturated rings. The van der Waals surface area contributed by atoms with Crippen LogP contribution in [0.2, 0.25) is 0 Å². The normalized spacial score (nSPS) is 18.1. The molecule has 1 amide bonds. The number of rotatable bonds is 0. The zero-order chi connectivity index (χ0) is 11.9. The summed E-state index contributed by atoms with van der Waals surface area (Å²) in [5, 5.41) is 2.96. The number of carbonyl (C=O) groups is 1. The van der Waals surface area contributed by atoms with Crippen molar-refractivity contribution in [2.45, 2.75) is 27.7 Å². The van der Waals surface area contributed by atoms with E-state index in [9.17, 15) is 4.79 Å². The van der Waals surface area contributed by atoms with E-state index in [0.717, 1.165) is 22.6 Å². The maximum absolute atomic E-state index is 12.0. The smallest absolute Gasteiger partial charge is 0.233 e. The summed E-state index contributed by atoms with van der Waals surface area (Å²) in [7, 11) is 0. The number of amides is 1. The van der Waals surface area contributed by atoms with E-state index in [-0.39, 0.29) is 5.91 Å². The molecule has 1 heterocycles. The molecule has 16 heavy (non-hydrogen) atoms. The highest BCUT2D eigenvalue weighted by Gasteiger charge is 2.33. The molecule has 1 aliphatic rings. The van der Waals surface area contributed by atoms with Crippen molar-refractivity contribution in [3.63, 3.8) is 0 Å². The standard InChI is InChI=1S/C13H17NO2/c1-8-5-6-9(2)11-10(8)14-12(15)13(3,4)7-16-11/h5-6H,7H2,1-4H3,(H,14,15). The van der Waals surface area contributed by atoms with Crippen LogP contribution in [0.25, 0.3) is 0 Å². The van der Waals surface area contributed by atoms with Crippen molar-refractivity contribution in [2.24, 2.45) is 5.41 Å². The zero-order valence-corrected chi connectivity index (χ0v) is 10.2. The Morgan fingerprint density at radius 1 is 1.25 bits per heavy atom. The van der Waals surface area contributed by atoms with Crippen molar-refractivity contribution in [3.8, 4) is 5.75 Å². The number of carbonyl (C=O) groups excluding carboxylic acids is 1. The van der Waals surface area contributed by atoms with Crippen molar-refractivity contribution in [3.05, 3.63) is 23.3 Å². The molecule has 1 N–H and O–H groups in total. The molecule has 0 bridgehead atoms. The highest BCUT2D eigenvalue weighted by Crippen LogP contribution is 2.36. The highest BCUT2D eigenvalue weighted by molar-refractivity contribution is 5.97. The molecule has 0 radical (unpaired) electrons. The molecule has 86 valence electrons. The molecule has 0 unspecified atom stereocenters. The van der Waals surface area contributed by atoms with Crippen LogP contribution in [0.15, 0.2) is 12.1 Å². The molecule has 0 aliphatic carbocycles. The minimum Gasteiger partial charge on any atom is -0.490 e. The minimum atomic E-state index is -0.488. The lowest BCUT2D eigenvalue weighted by Crippen LogP contribution is -2.33. The summed E-state index contributed by atoms with van der Waals surface area (Å²) in [5.41, 5.74) is 2.42. The number of hydrogen-bond acceptors (Lipinski definition) is 2. The van der Waals surface area contributed by atoms with Crippen LogP contribution in [0, 0.1) is 19.3 Å². The Kier molecular flexibility index (Phi) is 2.41. The molecule has 0 atom stereocenters. The summed E-state index contributed by atoms with van der Waals surface area (Å²) in [6, 6.07) is 4.01. The van der Waals surface area contributed by atoms with Gasteiger partial charge >= 0.3 is 0 Å². The van der Waals surface area contributed by atoms with Gasteiger partial charge in [-0.2, -0.15) is 0 Å². The first kappa shape index (κ1) is 11.0. The summed E-state index contributed by atoms with van der Waals surface area (Å²) in [6.07, 6.45) is 0. The van der Waals surface area contributed by atoms with E-state index in [2.05, 4.69) is 5.32 Å². The van der Waals surface area contributed by atoms with Crippen LogP contribution in [0.3, 0.4) is 0 Å². The Morgan fingerprint density at radius 2 is 1.88 bits per heavy atom. The fraction of sp³-hybridized carbons (Fsp3) is 0.462. The third kappa shape index (κ3) is 1.66. The maximum Gasteiger partial charge on any atom is 0.233 e. The first-order valence-electron chi connectivity index (χ1n) is 5.46. The zero-order valence-electron chi connectivity index (χ0n) is 10.2. The van der Waals surface area contributed by atoms with Gasteiger partial charge in [0.1, 0.15) is 12.4 Å². The predicted octanol–water partition coefficient (Wildman–Crippen LogP) is 2.66. The van der Waals surface area contributed by atoms with Crippen molar-refractivity contribution in [1.29, 1.82) is 0 Å². The van der Waals surface area contributed by atoms with Gasteiger partial charge in [-0.05, 0) is 38.8 Å². The second-order valence-electron chi connectivity index (χ2n) is 5.03. The van der Waals surface area contributed by atoms with E-state index in [4.69, 9.17) is 4.74 Å². The Morgan fingerprint density at radius 3 is 2.56 bits per heavy atom. The summed E-state index contributed by atoms with van der Waals surface area (Å²) in [5.74, 6) is 0.818. The van der Waals surface area contributed by atoms with Crippen LogP contribution in [-0.4, -0.2) is 12.5 Å². The van der Waals surface area contributed by atoms with E-state index >= 15 is 0 Å². The quantitative estimate of drug-likeness (QED) is 0.728. The molecule has 0 saturated heterocycles. The Labute approximate surface area is 95.8 Å². The van der Waals surface area contributed by atoms with Gasteiger partial charge in [0.2, 0.25) is 5.91 Å². The van der Waals surface area contributed by atoms with E-state index in [0.29, 0.717) is 6.61 Å². The van der Waals surface area contributed by atoms with Crippen LogP contribution in [0.1, 0.15) is 25.0 Å². The van der Waals surface area contributed by atoms with E-state index in [1.807, 2.05) is 39.8 Å². The topological polar surface area (TPSA) is 38.3 Å². The van der Waals surface area contributed by atoms with E-state index < -0.39 is 5.41 Å². The molecule has 0 spiro atoms. The Balaban J connectivity index is 2.52. The van der Waals surface area contributed by atoms with Gasteiger partial charge in [-0.25, -0.2) is 0 Å². The van der Waals surface area contributed by atoms with Crippen molar-refractivity contribution < 1.29 is 9.53 Å². The van der Waals surface area contributed by atoms with Crippen LogP contribution in [0.5, 0.6) is 5.75 Å². The van der Waals surface area contributed by atoms with Gasteiger partial charge in [-0.1, -0.05) is 12.1 Å². The second kappa shape index (κ2) is 3.51. The lowest BCUT2D eigenvalue weighted by atomic mass is 9.94. The SMILES string of the molecule is Cc1ccc(C)c2c1NC(=O)C(C)(C)CO2. The molecule has 0 aromatic heterocycles. The maximum atomic E-state index is 12.0. The van der Waals surface area contributed by atoms with Crippen molar-refractivity contribution >= 4 is 11.6 Å². The monoisotopic (exact) mass is 219 g/mol. The van der Waals surface area contributed by atoms with Crippen LogP contribution in [0.4, 0.5) is 5.69 Å². The molecule has 2 rings (SSSR count). The van der Waals surface area contributed by atoms with Gasteiger partial charge in [-0.3, -0.25) is 4.79 Å². The number of nitrogens with one attached hydrogen (secondary N) is 1. The summed E-state index contributed by atoms with van der Waals surface area (Å²) < 4.78 is 5.76. The minimum absolute atomic E-state index is 0.0138. The molecular formula is C13H17NO2. The largest absolute Gasteiger partial charge is 0.490 e. The van der Waals surface area contributed by atoms with Crippen LogP contribution in [-0.2, 0) is 4.79 Å². The molecule has 3 nitrogen and oxygen atoms in total. The highest BCUT2D eigenvalue weighted by atomic mass is 16.5. The van der Waals surface area contributed by atoms with Crippen LogP contribution >= 0.6 is 0 Å². The number of anilines is 1. The average Bonchev–Trinajstić information content (AvgIpc) is 2.33. The first-order valence-corrected chi connectivity index (χ1v) is 5.46. The average molecular weight is 219 g/mol. The van der Waals surface area contributed by atoms with Gasteiger partial charge in [-0.15, -0.1) is 0 Å². The molecular weight excluding hydrogens is 202 g/mol. The predicted molar refractivity (Wildman–Crippen MR) is 63.8 cm³/mol. The van der Waals surface area contributed by atoms with Gasteiger partial charge in [0.05, 0.1) is 11.1 Å². The molecule has 0 saturated carbocycles. The number of aryl methyl sites for hydroxylation is 2. The fourth-order valence-corrected chi connectivity index (χ4v) is 1.73. The lowest BCUT2D eigenvalue weighted by molar-refractivity contribution is -0.124. The summed E-state index contributed by atoms with van der Waals surface area (Å²) in [4.78, 5) is 12.0. The second-order valence-corrected chi connectivity index (χ2v) is 5.03. The Hall–Kier alpha value is -1.51. The van der Waals surface area contributed by atoms with E-state index in [1.54, 1.807) is 0 Å².